The van der Waals surface area contributed by atoms with Crippen LogP contribution in [0.1, 0.15) is 20.7 Å². The first-order chi connectivity index (χ1) is 5.61. The van der Waals surface area contributed by atoms with Gasteiger partial charge in [0.2, 0.25) is 0 Å². The minimum absolute atomic E-state index is 0. The maximum Gasteiger partial charge on any atom is 0.335 e. The van der Waals surface area contributed by atoms with Crippen LogP contribution in [0.15, 0.2) is 24.3 Å². The van der Waals surface area contributed by atoms with Crippen LogP contribution in [0.2, 0.25) is 0 Å². The molecule has 0 spiro atoms. The molecule has 0 fully saturated rings. The van der Waals surface area contributed by atoms with Crippen molar-refractivity contribution in [3.8, 4) is 0 Å². The lowest BCUT2D eigenvalue weighted by atomic mass is 10.1. The van der Waals surface area contributed by atoms with Gasteiger partial charge in [-0.2, -0.15) is 0 Å². The number of rotatable bonds is 2. The molecular formula is C8H18O10. The van der Waals surface area contributed by atoms with Crippen LogP contribution >= 0.6 is 0 Å². The first-order valence-electron chi connectivity index (χ1n) is 3.18. The Morgan fingerprint density at radius 1 is 0.611 bits per heavy atom. The van der Waals surface area contributed by atoms with Gasteiger partial charge >= 0.3 is 11.9 Å². The van der Waals surface area contributed by atoms with Crippen molar-refractivity contribution in [1.82, 2.24) is 0 Å². The van der Waals surface area contributed by atoms with E-state index in [1.54, 1.807) is 0 Å². The van der Waals surface area contributed by atoms with Crippen molar-refractivity contribution in [2.24, 2.45) is 0 Å². The predicted molar refractivity (Wildman–Crippen MR) is 62.0 cm³/mol. The van der Waals surface area contributed by atoms with Crippen molar-refractivity contribution in [2.75, 3.05) is 0 Å². The number of carbonyl (C=O) groups is 2. The van der Waals surface area contributed by atoms with Gasteiger partial charge in [0.1, 0.15) is 0 Å². The maximum atomic E-state index is 10.3. The van der Waals surface area contributed by atoms with Crippen LogP contribution in [0, 0.1) is 0 Å². The van der Waals surface area contributed by atoms with Crippen molar-refractivity contribution >= 4 is 11.9 Å². The summed E-state index contributed by atoms with van der Waals surface area (Å²) < 4.78 is 0. The number of aromatic carboxylic acids is 2. The monoisotopic (exact) mass is 274 g/mol. The zero-order valence-corrected chi connectivity index (χ0v) is 9.02. The van der Waals surface area contributed by atoms with Gasteiger partial charge in [-0.15, -0.1) is 0 Å². The third-order valence-electron chi connectivity index (χ3n) is 1.38. The number of carboxylic acid groups (broad SMARTS) is 2. The van der Waals surface area contributed by atoms with E-state index in [9.17, 15) is 9.59 Å². The maximum absolute atomic E-state index is 10.3. The highest BCUT2D eigenvalue weighted by atomic mass is 16.4. The van der Waals surface area contributed by atoms with Gasteiger partial charge in [-0.25, -0.2) is 9.59 Å². The lowest BCUT2D eigenvalue weighted by Crippen LogP contribution is -1.99. The molecule has 18 heavy (non-hydrogen) atoms. The molecule has 0 aromatic heterocycles. The van der Waals surface area contributed by atoms with E-state index >= 15 is 0 Å². The fourth-order valence-electron chi connectivity index (χ4n) is 0.755. The van der Waals surface area contributed by atoms with Crippen molar-refractivity contribution < 1.29 is 52.7 Å². The molecule has 0 heterocycles. The highest BCUT2D eigenvalue weighted by molar-refractivity contribution is 5.91. The largest absolute Gasteiger partial charge is 0.478 e. The van der Waals surface area contributed by atoms with E-state index < -0.39 is 11.9 Å². The van der Waals surface area contributed by atoms with Crippen LogP contribution in [0.3, 0.4) is 0 Å². The van der Waals surface area contributed by atoms with Gasteiger partial charge in [0.05, 0.1) is 11.1 Å². The third kappa shape index (κ3) is 9.17. The molecule has 0 saturated carbocycles. The molecule has 0 radical (unpaired) electrons. The van der Waals surface area contributed by atoms with Crippen molar-refractivity contribution in [3.05, 3.63) is 35.4 Å². The second kappa shape index (κ2) is 14.9. The van der Waals surface area contributed by atoms with Crippen LogP contribution in [-0.4, -0.2) is 55.0 Å². The lowest BCUT2D eigenvalue weighted by Gasteiger charge is -1.94. The summed E-state index contributed by atoms with van der Waals surface area (Å²) in [5.41, 5.74) is 0.167. The fourth-order valence-corrected chi connectivity index (χ4v) is 0.755. The summed E-state index contributed by atoms with van der Waals surface area (Å²) in [6.45, 7) is 0. The third-order valence-corrected chi connectivity index (χ3v) is 1.38. The van der Waals surface area contributed by atoms with Crippen LogP contribution in [0.5, 0.6) is 0 Å². The van der Waals surface area contributed by atoms with Crippen molar-refractivity contribution in [2.45, 2.75) is 0 Å². The number of hydrogen-bond acceptors (Lipinski definition) is 2. The molecule has 0 aliphatic carbocycles. The van der Waals surface area contributed by atoms with Crippen LogP contribution in [-0.2, 0) is 0 Å². The molecule has 1 aromatic carbocycles. The second-order valence-electron chi connectivity index (χ2n) is 2.19. The van der Waals surface area contributed by atoms with E-state index in [4.69, 9.17) is 10.2 Å². The van der Waals surface area contributed by atoms with Crippen molar-refractivity contribution in [3.63, 3.8) is 0 Å². The first kappa shape index (κ1) is 36.0. The molecule has 0 atom stereocenters. The number of benzene rings is 1. The lowest BCUT2D eigenvalue weighted by molar-refractivity contribution is 0.0681. The Balaban J connectivity index is -0.0000000600. The highest BCUT2D eigenvalue weighted by Gasteiger charge is 2.04. The fraction of sp³-hybridized carbons (Fsp3) is 0. The molecule has 0 aliphatic rings. The van der Waals surface area contributed by atoms with E-state index in [0.29, 0.717) is 0 Å². The van der Waals surface area contributed by atoms with Crippen LogP contribution in [0.4, 0.5) is 0 Å². The minimum Gasteiger partial charge on any atom is -0.478 e. The molecule has 10 heteroatoms. The molecule has 0 amide bonds. The van der Waals surface area contributed by atoms with E-state index in [2.05, 4.69) is 0 Å². The van der Waals surface area contributed by atoms with Crippen LogP contribution in [0.25, 0.3) is 0 Å². The van der Waals surface area contributed by atoms with E-state index in [0.717, 1.165) is 0 Å². The van der Waals surface area contributed by atoms with Gasteiger partial charge < -0.3 is 43.1 Å². The Bertz CT molecular complexity index is 286. The summed E-state index contributed by atoms with van der Waals surface area (Å²) >= 11 is 0. The Kier molecular flexibility index (Phi) is 29.9. The summed E-state index contributed by atoms with van der Waals surface area (Å²) in [4.78, 5) is 20.7. The van der Waals surface area contributed by atoms with Gasteiger partial charge in [-0.3, -0.25) is 0 Å². The van der Waals surface area contributed by atoms with Gasteiger partial charge in [0.25, 0.3) is 0 Å². The Labute approximate surface area is 101 Å². The van der Waals surface area contributed by atoms with E-state index in [1.807, 2.05) is 0 Å². The van der Waals surface area contributed by atoms with Gasteiger partial charge in [-0.1, -0.05) is 0 Å². The van der Waals surface area contributed by atoms with Gasteiger partial charge in [0.15, 0.2) is 0 Å². The smallest absolute Gasteiger partial charge is 0.335 e. The van der Waals surface area contributed by atoms with E-state index in [1.165, 1.54) is 24.3 Å². The molecule has 14 N–H and O–H groups in total. The molecule has 1 rings (SSSR count). The van der Waals surface area contributed by atoms with Crippen LogP contribution < -0.4 is 0 Å². The normalized spacial score (nSPS) is 6.22. The quantitative estimate of drug-likeness (QED) is 0.547. The molecule has 0 unspecified atom stereocenters. The minimum atomic E-state index is -1.06. The Morgan fingerprint density at radius 2 is 0.778 bits per heavy atom. The molecule has 110 valence electrons. The van der Waals surface area contributed by atoms with Crippen molar-refractivity contribution in [1.29, 1.82) is 0 Å². The molecule has 10 nitrogen and oxygen atoms in total. The average Bonchev–Trinajstić information content (AvgIpc) is 2.04. The summed E-state index contributed by atoms with van der Waals surface area (Å²) in [6.07, 6.45) is 0. The Morgan fingerprint density at radius 3 is 0.889 bits per heavy atom. The standard InChI is InChI=1S/C8H6O4.6H2O/c9-7(10)5-1-2-6(4-3-5)8(11)12;;;;;;/h1-4H,(H,9,10)(H,11,12);6*1H2. The summed E-state index contributed by atoms with van der Waals surface area (Å²) in [7, 11) is 0. The zero-order valence-electron chi connectivity index (χ0n) is 9.02. The highest BCUT2D eigenvalue weighted by Crippen LogP contribution is 2.03. The first-order valence-corrected chi connectivity index (χ1v) is 3.18. The summed E-state index contributed by atoms with van der Waals surface area (Å²) in [6, 6.07) is 5.02. The number of carboxylic acids is 2. The molecule has 0 aliphatic heterocycles. The molecule has 0 bridgehead atoms. The SMILES string of the molecule is O.O.O.O.O.O.O=C(O)c1ccc(C(=O)O)cc1. The summed E-state index contributed by atoms with van der Waals surface area (Å²) in [5.74, 6) is -2.13. The predicted octanol–water partition coefficient (Wildman–Crippen LogP) is -3.87. The zero-order chi connectivity index (χ0) is 9.14. The summed E-state index contributed by atoms with van der Waals surface area (Å²) in [5, 5.41) is 16.9. The molecular weight excluding hydrogens is 256 g/mol. The van der Waals surface area contributed by atoms with Gasteiger partial charge in [0, 0.05) is 0 Å². The topological polar surface area (TPSA) is 264 Å². The molecule has 0 saturated heterocycles. The van der Waals surface area contributed by atoms with Gasteiger partial charge in [-0.05, 0) is 24.3 Å². The second-order valence-corrected chi connectivity index (χ2v) is 2.19. The van der Waals surface area contributed by atoms with E-state index in [-0.39, 0.29) is 44.0 Å². The Hall–Kier alpha value is -2.08. The number of hydrogen-bond donors (Lipinski definition) is 2. The average molecular weight is 274 g/mol. The molecule has 1 aromatic rings.